The SMILES string of the molecule is CCc1sc(C2=NS(=O)(=O)N(C)C(C(=O)Nc3ccc(F)c(Cl)c3)=C2)cc1Br. The largest absolute Gasteiger partial charge is 0.345 e. The van der Waals surface area contributed by atoms with Gasteiger partial charge in [0.05, 0.1) is 15.6 Å². The normalized spacial score (nSPS) is 15.8. The number of amides is 1. The number of allylic oxidation sites excluding steroid dienone is 1. The van der Waals surface area contributed by atoms with Gasteiger partial charge in [0.25, 0.3) is 5.91 Å². The van der Waals surface area contributed by atoms with Gasteiger partial charge in [-0.25, -0.2) is 8.70 Å². The number of carbonyl (C=O) groups excluding carboxylic acids is 1. The molecular weight excluding hydrogens is 493 g/mol. The van der Waals surface area contributed by atoms with Gasteiger partial charge in [-0.2, -0.15) is 8.42 Å². The molecule has 1 aliphatic rings. The highest BCUT2D eigenvalue weighted by molar-refractivity contribution is 9.10. The van der Waals surface area contributed by atoms with Crippen molar-refractivity contribution in [3.05, 3.63) is 61.1 Å². The second kappa shape index (κ2) is 7.94. The maximum Gasteiger partial charge on any atom is 0.345 e. The molecule has 0 aliphatic carbocycles. The van der Waals surface area contributed by atoms with E-state index in [-0.39, 0.29) is 22.1 Å². The third-order valence-corrected chi connectivity index (χ3v) is 7.79. The molecule has 0 saturated heterocycles. The number of likely N-dealkylation sites (N-methyl/N-ethyl adjacent to an activating group) is 1. The van der Waals surface area contributed by atoms with Crippen LogP contribution in [0.15, 0.2) is 44.9 Å². The number of carbonyl (C=O) groups is 1. The Morgan fingerprint density at radius 3 is 2.71 bits per heavy atom. The Balaban J connectivity index is 1.97. The van der Waals surface area contributed by atoms with Crippen molar-refractivity contribution in [2.24, 2.45) is 4.40 Å². The van der Waals surface area contributed by atoms with Gasteiger partial charge in [0, 0.05) is 22.1 Å². The summed E-state index contributed by atoms with van der Waals surface area (Å²) in [6.07, 6.45) is 2.17. The minimum absolute atomic E-state index is 0.118. The summed E-state index contributed by atoms with van der Waals surface area (Å²) in [5.41, 5.74) is 0.290. The number of hydrogen-bond acceptors (Lipinski definition) is 4. The Labute approximate surface area is 179 Å². The molecule has 0 fully saturated rings. The van der Waals surface area contributed by atoms with E-state index in [1.165, 1.54) is 36.6 Å². The van der Waals surface area contributed by atoms with Crippen LogP contribution in [0.25, 0.3) is 0 Å². The summed E-state index contributed by atoms with van der Waals surface area (Å²) in [6.45, 7) is 1.98. The van der Waals surface area contributed by atoms with E-state index in [9.17, 15) is 17.6 Å². The zero-order chi connectivity index (χ0) is 20.6. The molecule has 1 aromatic heterocycles. The number of benzene rings is 1. The average molecular weight is 507 g/mol. The van der Waals surface area contributed by atoms with Gasteiger partial charge in [0.2, 0.25) is 0 Å². The Bertz CT molecular complexity index is 1130. The first kappa shape index (κ1) is 21.0. The number of hydrogen-bond donors (Lipinski definition) is 1. The summed E-state index contributed by atoms with van der Waals surface area (Å²) in [5, 5.41) is 2.36. The van der Waals surface area contributed by atoms with Crippen molar-refractivity contribution in [3.63, 3.8) is 0 Å². The molecule has 0 atom stereocenters. The number of nitrogens with one attached hydrogen (secondary N) is 1. The molecule has 148 valence electrons. The molecular formula is C17H14BrClFN3O3S2. The van der Waals surface area contributed by atoms with Gasteiger partial charge in [-0.15, -0.1) is 15.7 Å². The highest BCUT2D eigenvalue weighted by Gasteiger charge is 2.30. The van der Waals surface area contributed by atoms with Gasteiger partial charge in [0.15, 0.2) is 0 Å². The lowest BCUT2D eigenvalue weighted by atomic mass is 10.2. The van der Waals surface area contributed by atoms with Gasteiger partial charge >= 0.3 is 10.2 Å². The third kappa shape index (κ3) is 4.14. The summed E-state index contributed by atoms with van der Waals surface area (Å²) < 4.78 is 43.6. The highest BCUT2D eigenvalue weighted by atomic mass is 79.9. The van der Waals surface area contributed by atoms with Crippen molar-refractivity contribution in [2.45, 2.75) is 13.3 Å². The lowest BCUT2D eigenvalue weighted by Gasteiger charge is -2.23. The predicted octanol–water partition coefficient (Wildman–Crippen LogP) is 4.37. The number of rotatable bonds is 4. The summed E-state index contributed by atoms with van der Waals surface area (Å²) in [7, 11) is -2.84. The first-order chi connectivity index (χ1) is 13.1. The first-order valence-corrected chi connectivity index (χ1v) is 11.4. The summed E-state index contributed by atoms with van der Waals surface area (Å²) in [4.78, 5) is 14.3. The number of nitrogens with zero attached hydrogens (tertiary/aromatic N) is 2. The van der Waals surface area contributed by atoms with E-state index in [1.807, 2.05) is 6.92 Å². The van der Waals surface area contributed by atoms with Crippen LogP contribution in [0.1, 0.15) is 16.7 Å². The lowest BCUT2D eigenvalue weighted by molar-refractivity contribution is -0.113. The Morgan fingerprint density at radius 2 is 2.11 bits per heavy atom. The highest BCUT2D eigenvalue weighted by Crippen LogP contribution is 2.31. The van der Waals surface area contributed by atoms with Gasteiger partial charge in [-0.05, 0) is 52.7 Å². The van der Waals surface area contributed by atoms with Gasteiger partial charge < -0.3 is 5.32 Å². The number of aryl methyl sites for hydroxylation is 1. The van der Waals surface area contributed by atoms with Crippen molar-refractivity contribution in [3.8, 4) is 0 Å². The molecule has 2 aromatic rings. The molecule has 6 nitrogen and oxygen atoms in total. The fourth-order valence-corrected chi connectivity index (χ4v) is 5.42. The van der Waals surface area contributed by atoms with Crippen LogP contribution in [0.3, 0.4) is 0 Å². The Kier molecular flexibility index (Phi) is 5.95. The smallest absolute Gasteiger partial charge is 0.321 e. The molecule has 1 aliphatic heterocycles. The van der Waals surface area contributed by atoms with E-state index in [4.69, 9.17) is 11.6 Å². The molecule has 1 amide bonds. The molecule has 0 radical (unpaired) electrons. The van der Waals surface area contributed by atoms with E-state index in [0.717, 1.165) is 26.1 Å². The number of thiophene rings is 1. The zero-order valence-corrected chi connectivity index (χ0v) is 18.6. The zero-order valence-electron chi connectivity index (χ0n) is 14.7. The van der Waals surface area contributed by atoms with Crippen LogP contribution in [0.4, 0.5) is 10.1 Å². The van der Waals surface area contributed by atoms with Crippen LogP contribution < -0.4 is 5.32 Å². The van der Waals surface area contributed by atoms with Gasteiger partial charge in [-0.1, -0.05) is 18.5 Å². The van der Waals surface area contributed by atoms with Crippen LogP contribution in [-0.4, -0.2) is 31.4 Å². The second-order valence-electron chi connectivity index (χ2n) is 5.77. The van der Waals surface area contributed by atoms with Crippen molar-refractivity contribution >= 4 is 66.4 Å². The van der Waals surface area contributed by atoms with Crippen LogP contribution in [0.2, 0.25) is 5.02 Å². The van der Waals surface area contributed by atoms with Gasteiger partial charge in [0.1, 0.15) is 11.5 Å². The Morgan fingerprint density at radius 1 is 1.39 bits per heavy atom. The van der Waals surface area contributed by atoms with Crippen LogP contribution in [-0.2, 0) is 21.4 Å². The minimum atomic E-state index is -4.07. The molecule has 11 heteroatoms. The van der Waals surface area contributed by atoms with Crippen LogP contribution in [0, 0.1) is 5.82 Å². The standard InChI is InChI=1S/C17H14BrClFN3O3S2/c1-3-15-10(18)7-16(27-15)13-8-14(23(2)28(25,26)22-13)17(24)21-9-4-5-12(20)11(19)6-9/h4-8H,3H2,1-2H3,(H,21,24). The van der Waals surface area contributed by atoms with Crippen LogP contribution in [0.5, 0.6) is 0 Å². The fraction of sp³-hybridized carbons (Fsp3) is 0.176. The monoisotopic (exact) mass is 505 g/mol. The van der Waals surface area contributed by atoms with E-state index in [0.29, 0.717) is 4.88 Å². The van der Waals surface area contributed by atoms with Crippen molar-refractivity contribution in [1.29, 1.82) is 0 Å². The summed E-state index contributed by atoms with van der Waals surface area (Å²) in [6, 6.07) is 5.45. The molecule has 28 heavy (non-hydrogen) atoms. The second-order valence-corrected chi connectivity index (χ2v) is 9.79. The molecule has 0 spiro atoms. The van der Waals surface area contributed by atoms with Gasteiger partial charge in [-0.3, -0.25) is 4.79 Å². The fourth-order valence-electron chi connectivity index (χ4n) is 2.42. The van der Waals surface area contributed by atoms with E-state index >= 15 is 0 Å². The minimum Gasteiger partial charge on any atom is -0.321 e. The lowest BCUT2D eigenvalue weighted by Crippen LogP contribution is -2.35. The predicted molar refractivity (Wildman–Crippen MR) is 113 cm³/mol. The van der Waals surface area contributed by atoms with Crippen molar-refractivity contribution in [1.82, 2.24) is 4.31 Å². The average Bonchev–Trinajstić information content (AvgIpc) is 3.01. The molecule has 1 N–H and O–H groups in total. The third-order valence-electron chi connectivity index (χ3n) is 3.91. The van der Waals surface area contributed by atoms with E-state index in [1.54, 1.807) is 6.07 Å². The molecule has 0 bridgehead atoms. The topological polar surface area (TPSA) is 78.8 Å². The number of anilines is 1. The number of halogens is 3. The summed E-state index contributed by atoms with van der Waals surface area (Å²) in [5.74, 6) is -1.31. The Hall–Kier alpha value is -1.75. The quantitative estimate of drug-likeness (QED) is 0.669. The molecule has 0 saturated carbocycles. The molecule has 3 rings (SSSR count). The van der Waals surface area contributed by atoms with E-state index < -0.39 is 21.9 Å². The molecule has 1 aromatic carbocycles. The maximum atomic E-state index is 13.3. The van der Waals surface area contributed by atoms with Crippen molar-refractivity contribution < 1.29 is 17.6 Å². The maximum absolute atomic E-state index is 13.3. The summed E-state index contributed by atoms with van der Waals surface area (Å²) >= 11 is 10.6. The van der Waals surface area contributed by atoms with Crippen LogP contribution >= 0.6 is 38.9 Å². The molecule has 2 heterocycles. The molecule has 0 unspecified atom stereocenters. The van der Waals surface area contributed by atoms with Crippen molar-refractivity contribution in [2.75, 3.05) is 12.4 Å². The van der Waals surface area contributed by atoms with E-state index in [2.05, 4.69) is 25.6 Å². The first-order valence-electron chi connectivity index (χ1n) is 7.98.